The summed E-state index contributed by atoms with van der Waals surface area (Å²) < 4.78 is 56.7. The molecule has 1 aliphatic rings. The van der Waals surface area contributed by atoms with Gasteiger partial charge in [-0.1, -0.05) is 0 Å². The van der Waals surface area contributed by atoms with Crippen molar-refractivity contribution in [2.24, 2.45) is 0 Å². The third kappa shape index (κ3) is 3.88. The Bertz CT molecular complexity index is 681. The van der Waals surface area contributed by atoms with Gasteiger partial charge < -0.3 is 15.6 Å². The Hall–Kier alpha value is -1.94. The van der Waals surface area contributed by atoms with Gasteiger partial charge in [-0.05, 0) is 19.8 Å². The maximum Gasteiger partial charge on any atom is 0.421 e. The maximum atomic E-state index is 13.5. The molecule has 0 radical (unpaired) electrons. The van der Waals surface area contributed by atoms with Crippen LogP contribution < -0.4 is 5.73 Å². The molecular weight excluding hydrogens is 320 g/mol. The van der Waals surface area contributed by atoms with Gasteiger partial charge in [-0.25, -0.2) is 13.9 Å². The summed E-state index contributed by atoms with van der Waals surface area (Å²) in [5.74, 6) is -1.61. The van der Waals surface area contributed by atoms with Gasteiger partial charge in [0, 0.05) is 6.61 Å². The molecule has 0 bridgehead atoms. The number of aryl methyl sites for hydroxylation is 1. The van der Waals surface area contributed by atoms with Gasteiger partial charge in [-0.2, -0.15) is 13.2 Å². The summed E-state index contributed by atoms with van der Waals surface area (Å²) in [7, 11) is 0. The van der Waals surface area contributed by atoms with Crippen molar-refractivity contribution in [3.05, 3.63) is 23.3 Å². The molecule has 2 aromatic heterocycles. The largest absolute Gasteiger partial charge is 0.421 e. The van der Waals surface area contributed by atoms with Gasteiger partial charge in [-0.3, -0.25) is 0 Å². The molecule has 3 N–H and O–H groups in total. The first-order valence-corrected chi connectivity index (χ1v) is 6.84. The predicted molar refractivity (Wildman–Crippen MR) is 73.2 cm³/mol. The average Bonchev–Trinajstić information content (AvgIpc) is 2.71. The molecular formula is C13H16F4N4O2. The molecule has 3 rings (SSSR count). The zero-order valence-electron chi connectivity index (χ0n) is 12.3. The number of anilines is 1. The van der Waals surface area contributed by atoms with E-state index in [1.54, 1.807) is 0 Å². The van der Waals surface area contributed by atoms with Gasteiger partial charge in [0.25, 0.3) is 0 Å². The number of hydrogen-bond acceptors (Lipinski definition) is 5. The first-order valence-electron chi connectivity index (χ1n) is 6.84. The van der Waals surface area contributed by atoms with Crippen LogP contribution in [0.4, 0.5) is 23.5 Å². The van der Waals surface area contributed by atoms with Gasteiger partial charge in [-0.15, -0.1) is 5.10 Å². The summed E-state index contributed by atoms with van der Waals surface area (Å²) in [5, 5.41) is 12.3. The number of halogens is 4. The van der Waals surface area contributed by atoms with E-state index < -0.39 is 17.6 Å². The number of ether oxygens (including phenoxy) is 1. The molecule has 0 aromatic carbocycles. The Kier molecular flexibility index (Phi) is 5.05. The highest BCUT2D eigenvalue weighted by Crippen LogP contribution is 2.36. The smallest absolute Gasteiger partial charge is 0.391 e. The molecule has 3 heterocycles. The fourth-order valence-electron chi connectivity index (χ4n) is 2.22. The standard InChI is InChI=1S/C8H6F4N4.C5H10O2/c1-3-5(8(10,11)12)6(9)4-2-14-7(13)15-16(3)4;6-5-2-1-3-7-4-5/h2H,1H3,(H2,13,15);5-6H,1-4H2. The number of nitrogen functional groups attached to an aromatic ring is 1. The highest BCUT2D eigenvalue weighted by molar-refractivity contribution is 5.54. The zero-order valence-corrected chi connectivity index (χ0v) is 12.3. The number of nitrogens with two attached hydrogens (primary N) is 1. The lowest BCUT2D eigenvalue weighted by atomic mass is 10.2. The molecule has 1 unspecified atom stereocenters. The number of aromatic nitrogens is 3. The molecule has 1 aliphatic heterocycles. The van der Waals surface area contributed by atoms with Crippen molar-refractivity contribution < 1.29 is 27.4 Å². The van der Waals surface area contributed by atoms with Crippen LogP contribution in [0.25, 0.3) is 5.52 Å². The zero-order chi connectivity index (χ0) is 17.2. The monoisotopic (exact) mass is 336 g/mol. The Labute approximate surface area is 128 Å². The van der Waals surface area contributed by atoms with Gasteiger partial charge in [0.2, 0.25) is 5.95 Å². The van der Waals surface area contributed by atoms with Gasteiger partial charge in [0.1, 0.15) is 11.1 Å². The van der Waals surface area contributed by atoms with E-state index in [0.29, 0.717) is 6.61 Å². The summed E-state index contributed by atoms with van der Waals surface area (Å²) in [6, 6.07) is 0. The SMILES string of the molecule is Cc1c(C(F)(F)F)c(F)c2cnc(N)nn12.OC1CCCOC1. The van der Waals surface area contributed by atoms with Crippen LogP contribution in [0.2, 0.25) is 0 Å². The van der Waals surface area contributed by atoms with Crippen molar-refractivity contribution in [2.45, 2.75) is 32.0 Å². The number of aliphatic hydroxyl groups is 1. The van der Waals surface area contributed by atoms with Crippen molar-refractivity contribution in [3.8, 4) is 0 Å². The third-order valence-corrected chi connectivity index (χ3v) is 3.29. The average molecular weight is 336 g/mol. The van der Waals surface area contributed by atoms with E-state index in [2.05, 4.69) is 10.1 Å². The number of hydrogen-bond donors (Lipinski definition) is 2. The highest BCUT2D eigenvalue weighted by atomic mass is 19.4. The molecule has 0 aliphatic carbocycles. The minimum atomic E-state index is -4.77. The van der Waals surface area contributed by atoms with Crippen molar-refractivity contribution in [3.63, 3.8) is 0 Å². The minimum absolute atomic E-state index is 0.186. The van der Waals surface area contributed by atoms with Gasteiger partial charge in [0.05, 0.1) is 24.6 Å². The Morgan fingerprint density at radius 2 is 2.13 bits per heavy atom. The van der Waals surface area contributed by atoms with Crippen LogP contribution in [-0.2, 0) is 10.9 Å². The van der Waals surface area contributed by atoms with E-state index in [1.165, 1.54) is 0 Å². The van der Waals surface area contributed by atoms with Gasteiger partial charge >= 0.3 is 6.18 Å². The second-order valence-corrected chi connectivity index (χ2v) is 5.06. The molecule has 10 heteroatoms. The van der Waals surface area contributed by atoms with Crippen LogP contribution in [0.5, 0.6) is 0 Å². The molecule has 0 amide bonds. The molecule has 0 saturated carbocycles. The highest BCUT2D eigenvalue weighted by Gasteiger charge is 2.39. The first kappa shape index (κ1) is 17.4. The Balaban J connectivity index is 0.000000229. The summed E-state index contributed by atoms with van der Waals surface area (Å²) in [4.78, 5) is 3.44. The van der Waals surface area contributed by atoms with Gasteiger partial charge in [0.15, 0.2) is 5.82 Å². The topological polar surface area (TPSA) is 85.7 Å². The predicted octanol–water partition coefficient (Wildman–Crippen LogP) is 1.94. The number of fused-ring (bicyclic) bond motifs is 1. The van der Waals surface area contributed by atoms with Crippen molar-refractivity contribution >= 4 is 11.5 Å². The molecule has 23 heavy (non-hydrogen) atoms. The van der Waals surface area contributed by atoms with Crippen molar-refractivity contribution in [2.75, 3.05) is 18.9 Å². The van der Waals surface area contributed by atoms with E-state index >= 15 is 0 Å². The molecule has 1 atom stereocenters. The molecule has 1 fully saturated rings. The van der Waals surface area contributed by atoms with Crippen LogP contribution in [0.15, 0.2) is 6.20 Å². The lowest BCUT2D eigenvalue weighted by molar-refractivity contribution is -0.140. The van der Waals surface area contributed by atoms with E-state index in [-0.39, 0.29) is 23.3 Å². The van der Waals surface area contributed by atoms with E-state index in [1.807, 2.05) is 0 Å². The number of rotatable bonds is 0. The fourth-order valence-corrected chi connectivity index (χ4v) is 2.22. The molecule has 2 aromatic rings. The lowest BCUT2D eigenvalue weighted by Gasteiger charge is -2.15. The van der Waals surface area contributed by atoms with Crippen molar-refractivity contribution in [1.82, 2.24) is 14.6 Å². The Morgan fingerprint density at radius 3 is 2.61 bits per heavy atom. The summed E-state index contributed by atoms with van der Waals surface area (Å²) in [5.41, 5.74) is 3.17. The summed E-state index contributed by atoms with van der Waals surface area (Å²) >= 11 is 0. The van der Waals surface area contributed by atoms with Crippen LogP contribution in [-0.4, -0.2) is 39.0 Å². The molecule has 6 nitrogen and oxygen atoms in total. The normalized spacial score (nSPS) is 18.6. The molecule has 0 spiro atoms. The number of aliphatic hydroxyl groups excluding tert-OH is 1. The van der Waals surface area contributed by atoms with E-state index in [0.717, 1.165) is 37.1 Å². The maximum absolute atomic E-state index is 13.5. The summed E-state index contributed by atoms with van der Waals surface area (Å²) in [6.45, 7) is 2.49. The quantitative estimate of drug-likeness (QED) is 0.718. The van der Waals surface area contributed by atoms with Crippen molar-refractivity contribution in [1.29, 1.82) is 0 Å². The van der Waals surface area contributed by atoms with E-state index in [9.17, 15) is 17.6 Å². The van der Waals surface area contributed by atoms with E-state index in [4.69, 9.17) is 15.6 Å². The number of nitrogens with zero attached hydrogens (tertiary/aromatic N) is 3. The van der Waals surface area contributed by atoms with Crippen LogP contribution in [0.3, 0.4) is 0 Å². The molecule has 128 valence electrons. The van der Waals surface area contributed by atoms with Crippen LogP contribution in [0, 0.1) is 12.7 Å². The third-order valence-electron chi connectivity index (χ3n) is 3.29. The first-order chi connectivity index (χ1) is 10.7. The second kappa shape index (κ2) is 6.67. The second-order valence-electron chi connectivity index (χ2n) is 5.06. The summed E-state index contributed by atoms with van der Waals surface area (Å²) in [6.07, 6.45) is -2.11. The van der Waals surface area contributed by atoms with Crippen LogP contribution in [0.1, 0.15) is 24.1 Å². The minimum Gasteiger partial charge on any atom is -0.391 e. The van der Waals surface area contributed by atoms with Crippen LogP contribution >= 0.6 is 0 Å². The molecule has 1 saturated heterocycles. The fraction of sp³-hybridized carbons (Fsp3) is 0.538. The lowest BCUT2D eigenvalue weighted by Crippen LogP contribution is -2.21. The number of alkyl halides is 3. The Morgan fingerprint density at radius 1 is 1.43 bits per heavy atom.